The Morgan fingerprint density at radius 1 is 1.12 bits per heavy atom. The molecule has 5 nitrogen and oxygen atoms in total. The molecular formula is C20H17N3O2S. The second kappa shape index (κ2) is 6.98. The predicted octanol–water partition coefficient (Wildman–Crippen LogP) is 4.10. The summed E-state index contributed by atoms with van der Waals surface area (Å²) in [7, 11) is -3.88. The van der Waals surface area contributed by atoms with Gasteiger partial charge in [-0.15, -0.1) is 0 Å². The number of hydrogen-bond acceptors (Lipinski definition) is 5. The number of benzene rings is 2. The molecule has 0 aliphatic heterocycles. The fourth-order valence-corrected chi connectivity index (χ4v) is 3.67. The number of anilines is 1. The lowest BCUT2D eigenvalue weighted by atomic mass is 10.1. The van der Waals surface area contributed by atoms with Crippen LogP contribution in [0.3, 0.4) is 0 Å². The molecule has 0 atom stereocenters. The van der Waals surface area contributed by atoms with Gasteiger partial charge < -0.3 is 5.32 Å². The first kappa shape index (κ1) is 17.6. The topological polar surface area (TPSA) is 82.8 Å². The highest BCUT2D eigenvalue weighted by Crippen LogP contribution is 2.24. The van der Waals surface area contributed by atoms with Crippen LogP contribution in [-0.2, 0) is 9.84 Å². The average molecular weight is 363 g/mol. The molecule has 0 unspecified atom stereocenters. The van der Waals surface area contributed by atoms with Gasteiger partial charge in [0.1, 0.15) is 6.07 Å². The van der Waals surface area contributed by atoms with Gasteiger partial charge in [-0.05, 0) is 38.1 Å². The van der Waals surface area contributed by atoms with Gasteiger partial charge >= 0.3 is 0 Å². The number of pyridine rings is 1. The number of sulfone groups is 1. The molecule has 0 radical (unpaired) electrons. The summed E-state index contributed by atoms with van der Waals surface area (Å²) in [6.07, 6.45) is 1.23. The van der Waals surface area contributed by atoms with E-state index in [1.165, 1.54) is 18.3 Å². The first-order valence-electron chi connectivity index (χ1n) is 7.97. The largest absolute Gasteiger partial charge is 0.359 e. The van der Waals surface area contributed by atoms with Crippen molar-refractivity contribution in [3.63, 3.8) is 0 Å². The van der Waals surface area contributed by atoms with Crippen molar-refractivity contribution in [1.82, 2.24) is 4.98 Å². The molecule has 0 amide bonds. The summed E-state index contributed by atoms with van der Waals surface area (Å²) >= 11 is 0. The van der Waals surface area contributed by atoms with Gasteiger partial charge in [0.15, 0.2) is 4.91 Å². The number of allylic oxidation sites excluding steroid dienone is 1. The van der Waals surface area contributed by atoms with Crippen LogP contribution in [0.2, 0.25) is 0 Å². The Bertz CT molecular complexity index is 1140. The van der Waals surface area contributed by atoms with E-state index in [4.69, 9.17) is 0 Å². The molecular weight excluding hydrogens is 346 g/mol. The zero-order valence-corrected chi connectivity index (χ0v) is 15.2. The zero-order valence-electron chi connectivity index (χ0n) is 14.4. The monoisotopic (exact) mass is 363 g/mol. The Morgan fingerprint density at radius 3 is 2.50 bits per heavy atom. The molecule has 1 aromatic heterocycles. The fraction of sp³-hybridized carbons (Fsp3) is 0.100. The molecule has 0 aliphatic rings. The SMILES string of the molecule is Cc1ccc(S(=O)(=O)C(C#N)=CNc2cc(C)nc3ccccc23)cc1. The minimum Gasteiger partial charge on any atom is -0.359 e. The van der Waals surface area contributed by atoms with Gasteiger partial charge in [0, 0.05) is 23.0 Å². The van der Waals surface area contributed by atoms with Gasteiger partial charge in [0.2, 0.25) is 9.84 Å². The first-order chi connectivity index (χ1) is 12.4. The van der Waals surface area contributed by atoms with E-state index < -0.39 is 9.84 Å². The highest BCUT2D eigenvalue weighted by molar-refractivity contribution is 7.95. The summed E-state index contributed by atoms with van der Waals surface area (Å²) in [6, 6.07) is 17.5. The number of aromatic nitrogens is 1. The predicted molar refractivity (Wildman–Crippen MR) is 102 cm³/mol. The van der Waals surface area contributed by atoms with Crippen molar-refractivity contribution < 1.29 is 8.42 Å². The van der Waals surface area contributed by atoms with Crippen molar-refractivity contribution in [1.29, 1.82) is 5.26 Å². The molecule has 0 spiro atoms. The number of aryl methyl sites for hydroxylation is 2. The number of rotatable bonds is 4. The Kier molecular flexibility index (Phi) is 4.74. The number of fused-ring (bicyclic) bond motifs is 1. The molecule has 26 heavy (non-hydrogen) atoms. The zero-order chi connectivity index (χ0) is 18.7. The lowest BCUT2D eigenvalue weighted by molar-refractivity contribution is 0.603. The average Bonchev–Trinajstić information content (AvgIpc) is 2.62. The van der Waals surface area contributed by atoms with Gasteiger partial charge in [-0.25, -0.2) is 8.42 Å². The van der Waals surface area contributed by atoms with Crippen LogP contribution < -0.4 is 5.32 Å². The number of nitrogens with zero attached hydrogens (tertiary/aromatic N) is 2. The molecule has 130 valence electrons. The third kappa shape index (κ3) is 3.44. The number of nitriles is 1. The lowest BCUT2D eigenvalue weighted by Gasteiger charge is -2.09. The van der Waals surface area contributed by atoms with E-state index >= 15 is 0 Å². The third-order valence-corrected chi connectivity index (χ3v) is 5.61. The molecule has 3 aromatic rings. The van der Waals surface area contributed by atoms with Crippen LogP contribution in [0, 0.1) is 25.2 Å². The minimum atomic E-state index is -3.88. The molecule has 0 saturated carbocycles. The standard InChI is InChI=1S/C20H17N3O2S/c1-14-7-9-16(10-8-14)26(24,25)17(12-21)13-22-20-11-15(2)23-19-6-4-3-5-18(19)20/h3-11,13H,1-2H3,(H,22,23). The summed E-state index contributed by atoms with van der Waals surface area (Å²) in [5.41, 5.74) is 3.23. The Labute approximate surface area is 152 Å². The summed E-state index contributed by atoms with van der Waals surface area (Å²) in [5.74, 6) is 0. The van der Waals surface area contributed by atoms with Crippen molar-refractivity contribution in [2.45, 2.75) is 18.7 Å². The van der Waals surface area contributed by atoms with Crippen molar-refractivity contribution in [2.75, 3.05) is 5.32 Å². The van der Waals surface area contributed by atoms with Crippen molar-refractivity contribution in [3.05, 3.63) is 77.0 Å². The molecule has 0 fully saturated rings. The smallest absolute Gasteiger partial charge is 0.218 e. The first-order valence-corrected chi connectivity index (χ1v) is 9.45. The Hall–Kier alpha value is -3.17. The van der Waals surface area contributed by atoms with Gasteiger partial charge in [-0.2, -0.15) is 5.26 Å². The van der Waals surface area contributed by atoms with Gasteiger partial charge in [-0.3, -0.25) is 4.98 Å². The molecule has 3 rings (SSSR count). The van der Waals surface area contributed by atoms with E-state index in [9.17, 15) is 13.7 Å². The van der Waals surface area contributed by atoms with Gasteiger partial charge in [0.25, 0.3) is 0 Å². The summed E-state index contributed by atoms with van der Waals surface area (Å²) in [5, 5.41) is 13.2. The van der Waals surface area contributed by atoms with Crippen LogP contribution >= 0.6 is 0 Å². The number of para-hydroxylation sites is 1. The maximum Gasteiger partial charge on any atom is 0.218 e. The van der Waals surface area contributed by atoms with Crippen LogP contribution in [0.4, 0.5) is 5.69 Å². The molecule has 2 aromatic carbocycles. The normalized spacial score (nSPS) is 12.0. The van der Waals surface area contributed by atoms with Gasteiger partial charge in [0.05, 0.1) is 10.4 Å². The highest BCUT2D eigenvalue weighted by atomic mass is 32.2. The highest BCUT2D eigenvalue weighted by Gasteiger charge is 2.20. The lowest BCUT2D eigenvalue weighted by Crippen LogP contribution is -2.06. The molecule has 0 bridgehead atoms. The molecule has 0 aliphatic carbocycles. The Morgan fingerprint density at radius 2 is 1.81 bits per heavy atom. The molecule has 1 N–H and O–H groups in total. The second-order valence-corrected chi connectivity index (χ2v) is 7.83. The number of hydrogen-bond donors (Lipinski definition) is 1. The maximum absolute atomic E-state index is 12.7. The quantitative estimate of drug-likeness (QED) is 0.706. The van der Waals surface area contributed by atoms with Crippen LogP contribution in [0.15, 0.2) is 70.6 Å². The minimum absolute atomic E-state index is 0.0912. The second-order valence-electron chi connectivity index (χ2n) is 5.91. The number of nitrogens with one attached hydrogen (secondary N) is 1. The Balaban J connectivity index is 2.01. The van der Waals surface area contributed by atoms with E-state index in [1.54, 1.807) is 18.2 Å². The van der Waals surface area contributed by atoms with Crippen LogP contribution in [0.1, 0.15) is 11.3 Å². The van der Waals surface area contributed by atoms with Crippen LogP contribution in [0.5, 0.6) is 0 Å². The van der Waals surface area contributed by atoms with E-state index in [0.29, 0.717) is 5.69 Å². The van der Waals surface area contributed by atoms with E-state index in [1.807, 2.05) is 44.2 Å². The fourth-order valence-electron chi connectivity index (χ4n) is 2.58. The molecule has 0 saturated heterocycles. The van der Waals surface area contributed by atoms with Crippen molar-refractivity contribution in [2.24, 2.45) is 0 Å². The van der Waals surface area contributed by atoms with Gasteiger partial charge in [-0.1, -0.05) is 35.9 Å². The summed E-state index contributed by atoms with van der Waals surface area (Å²) in [4.78, 5) is 4.19. The third-order valence-electron chi connectivity index (χ3n) is 3.93. The summed E-state index contributed by atoms with van der Waals surface area (Å²) in [6.45, 7) is 3.73. The maximum atomic E-state index is 12.7. The summed E-state index contributed by atoms with van der Waals surface area (Å²) < 4.78 is 25.4. The molecule has 1 heterocycles. The van der Waals surface area contributed by atoms with Crippen molar-refractivity contribution in [3.8, 4) is 6.07 Å². The van der Waals surface area contributed by atoms with Crippen LogP contribution in [-0.4, -0.2) is 13.4 Å². The van der Waals surface area contributed by atoms with Crippen molar-refractivity contribution >= 4 is 26.4 Å². The van der Waals surface area contributed by atoms with E-state index in [-0.39, 0.29) is 9.80 Å². The van der Waals surface area contributed by atoms with E-state index in [0.717, 1.165) is 22.2 Å². The molecule has 6 heteroatoms. The van der Waals surface area contributed by atoms with Crippen LogP contribution in [0.25, 0.3) is 10.9 Å². The van der Waals surface area contributed by atoms with E-state index in [2.05, 4.69) is 10.3 Å².